The normalized spacial score (nSPS) is 27.5. The zero-order chi connectivity index (χ0) is 10.9. The first-order valence-electron chi connectivity index (χ1n) is 6.12. The highest BCUT2D eigenvalue weighted by atomic mass is 16.2. The van der Waals surface area contributed by atoms with Gasteiger partial charge in [0.2, 0.25) is 5.91 Å². The Morgan fingerprint density at radius 2 is 2.07 bits per heavy atom. The van der Waals surface area contributed by atoms with E-state index in [1.54, 1.807) is 0 Å². The largest absolute Gasteiger partial charge is 0.351 e. The van der Waals surface area contributed by atoms with E-state index in [0.717, 1.165) is 25.9 Å². The number of hydrogen-bond donors (Lipinski definition) is 2. The molecule has 15 heavy (non-hydrogen) atoms. The standard InChI is InChI=1S/C12H22N2O/c1-12(2,10-5-6-10)14-11(15)9-4-3-7-13-8-9/h9-10,13H,3-8H2,1-2H3,(H,14,15)/t9-/m0/s1. The Balaban J connectivity index is 1.84. The number of amides is 1. The number of piperidine rings is 1. The molecule has 0 aromatic carbocycles. The average molecular weight is 210 g/mol. The fourth-order valence-electron chi connectivity index (χ4n) is 2.40. The van der Waals surface area contributed by atoms with Crippen molar-refractivity contribution in [2.45, 2.75) is 45.1 Å². The second-order valence-corrected chi connectivity index (χ2v) is 5.53. The molecule has 1 aliphatic carbocycles. The van der Waals surface area contributed by atoms with Gasteiger partial charge in [0.05, 0.1) is 5.92 Å². The lowest BCUT2D eigenvalue weighted by molar-refractivity contribution is -0.127. The Labute approximate surface area is 92.0 Å². The molecule has 1 heterocycles. The zero-order valence-electron chi connectivity index (χ0n) is 9.81. The summed E-state index contributed by atoms with van der Waals surface area (Å²) in [6, 6.07) is 0. The SMILES string of the molecule is CC(C)(NC(=O)[C@H]1CCCNC1)C1CC1. The van der Waals surface area contributed by atoms with Crippen LogP contribution in [0.2, 0.25) is 0 Å². The number of hydrogen-bond acceptors (Lipinski definition) is 2. The van der Waals surface area contributed by atoms with Crippen LogP contribution >= 0.6 is 0 Å². The van der Waals surface area contributed by atoms with Gasteiger partial charge in [0.25, 0.3) is 0 Å². The Hall–Kier alpha value is -0.570. The molecule has 2 fully saturated rings. The van der Waals surface area contributed by atoms with Gasteiger partial charge in [-0.25, -0.2) is 0 Å². The Morgan fingerprint density at radius 1 is 1.33 bits per heavy atom. The lowest BCUT2D eigenvalue weighted by Crippen LogP contribution is -2.50. The molecule has 0 aromatic rings. The summed E-state index contributed by atoms with van der Waals surface area (Å²) in [6.45, 7) is 6.22. The second kappa shape index (κ2) is 4.12. The van der Waals surface area contributed by atoms with E-state index in [2.05, 4.69) is 24.5 Å². The molecular weight excluding hydrogens is 188 g/mol. The number of carbonyl (C=O) groups is 1. The summed E-state index contributed by atoms with van der Waals surface area (Å²) in [5, 5.41) is 6.49. The first-order chi connectivity index (χ1) is 7.09. The highest BCUT2D eigenvalue weighted by molar-refractivity contribution is 5.79. The van der Waals surface area contributed by atoms with Crippen LogP contribution in [-0.2, 0) is 4.79 Å². The van der Waals surface area contributed by atoms with Gasteiger partial charge in [0.15, 0.2) is 0 Å². The molecule has 2 aliphatic rings. The molecule has 0 aromatic heterocycles. The lowest BCUT2D eigenvalue weighted by Gasteiger charge is -2.30. The highest BCUT2D eigenvalue weighted by Crippen LogP contribution is 2.39. The Kier molecular flexibility index (Phi) is 3.01. The maximum Gasteiger partial charge on any atom is 0.224 e. The van der Waals surface area contributed by atoms with Crippen molar-refractivity contribution in [1.29, 1.82) is 0 Å². The van der Waals surface area contributed by atoms with Gasteiger partial charge in [0.1, 0.15) is 0 Å². The minimum Gasteiger partial charge on any atom is -0.351 e. The first-order valence-corrected chi connectivity index (χ1v) is 6.12. The van der Waals surface area contributed by atoms with E-state index in [9.17, 15) is 4.79 Å². The fraction of sp³-hybridized carbons (Fsp3) is 0.917. The van der Waals surface area contributed by atoms with Gasteiger partial charge in [-0.2, -0.15) is 0 Å². The molecule has 2 N–H and O–H groups in total. The monoisotopic (exact) mass is 210 g/mol. The number of rotatable bonds is 3. The van der Waals surface area contributed by atoms with Crippen molar-refractivity contribution in [3.05, 3.63) is 0 Å². The van der Waals surface area contributed by atoms with Crippen LogP contribution in [0.4, 0.5) is 0 Å². The molecule has 1 saturated carbocycles. The Bertz CT molecular complexity index is 240. The van der Waals surface area contributed by atoms with Crippen molar-refractivity contribution in [3.8, 4) is 0 Å². The molecule has 0 unspecified atom stereocenters. The third-order valence-corrected chi connectivity index (χ3v) is 3.71. The van der Waals surface area contributed by atoms with Crippen molar-refractivity contribution in [1.82, 2.24) is 10.6 Å². The van der Waals surface area contributed by atoms with Gasteiger partial charge in [-0.05, 0) is 52.0 Å². The quantitative estimate of drug-likeness (QED) is 0.737. The summed E-state index contributed by atoms with van der Waals surface area (Å²) in [5.74, 6) is 1.15. The minimum absolute atomic E-state index is 0.00846. The minimum atomic E-state index is 0.00846. The van der Waals surface area contributed by atoms with Crippen LogP contribution in [0, 0.1) is 11.8 Å². The molecular formula is C12H22N2O. The molecule has 0 spiro atoms. The Morgan fingerprint density at radius 3 is 2.60 bits per heavy atom. The van der Waals surface area contributed by atoms with Gasteiger partial charge in [-0.3, -0.25) is 4.79 Å². The van der Waals surface area contributed by atoms with Crippen LogP contribution in [0.1, 0.15) is 39.5 Å². The van der Waals surface area contributed by atoms with E-state index in [1.807, 2.05) is 0 Å². The van der Waals surface area contributed by atoms with Crippen LogP contribution in [-0.4, -0.2) is 24.5 Å². The van der Waals surface area contributed by atoms with E-state index in [-0.39, 0.29) is 17.4 Å². The second-order valence-electron chi connectivity index (χ2n) is 5.53. The van der Waals surface area contributed by atoms with Gasteiger partial charge < -0.3 is 10.6 Å². The third-order valence-electron chi connectivity index (χ3n) is 3.71. The first kappa shape index (κ1) is 10.9. The third kappa shape index (κ3) is 2.71. The van der Waals surface area contributed by atoms with Gasteiger partial charge in [0, 0.05) is 12.1 Å². The van der Waals surface area contributed by atoms with E-state index < -0.39 is 0 Å². The lowest BCUT2D eigenvalue weighted by atomic mass is 9.94. The number of nitrogens with one attached hydrogen (secondary N) is 2. The summed E-state index contributed by atoms with van der Waals surface area (Å²) in [5.41, 5.74) is 0.00846. The van der Waals surface area contributed by atoms with Gasteiger partial charge >= 0.3 is 0 Å². The molecule has 1 aliphatic heterocycles. The van der Waals surface area contributed by atoms with Crippen LogP contribution in [0.5, 0.6) is 0 Å². The molecule has 1 atom stereocenters. The average Bonchev–Trinajstić information content (AvgIpc) is 3.01. The van der Waals surface area contributed by atoms with Crippen LogP contribution in [0.15, 0.2) is 0 Å². The predicted octanol–water partition coefficient (Wildman–Crippen LogP) is 1.29. The maximum absolute atomic E-state index is 12.0. The predicted molar refractivity (Wildman–Crippen MR) is 60.5 cm³/mol. The van der Waals surface area contributed by atoms with Gasteiger partial charge in [-0.15, -0.1) is 0 Å². The highest BCUT2D eigenvalue weighted by Gasteiger charge is 2.39. The topological polar surface area (TPSA) is 41.1 Å². The van der Waals surface area contributed by atoms with Crippen molar-refractivity contribution in [3.63, 3.8) is 0 Å². The molecule has 2 rings (SSSR count). The summed E-state index contributed by atoms with van der Waals surface area (Å²) >= 11 is 0. The van der Waals surface area contributed by atoms with Crippen molar-refractivity contribution in [2.24, 2.45) is 11.8 Å². The maximum atomic E-state index is 12.0. The fourth-order valence-corrected chi connectivity index (χ4v) is 2.40. The molecule has 1 amide bonds. The van der Waals surface area contributed by atoms with E-state index >= 15 is 0 Å². The zero-order valence-corrected chi connectivity index (χ0v) is 9.81. The van der Waals surface area contributed by atoms with E-state index in [1.165, 1.54) is 12.8 Å². The molecule has 3 nitrogen and oxygen atoms in total. The molecule has 0 bridgehead atoms. The molecule has 0 radical (unpaired) electrons. The van der Waals surface area contributed by atoms with Crippen molar-refractivity contribution < 1.29 is 4.79 Å². The summed E-state index contributed by atoms with van der Waals surface area (Å²) in [4.78, 5) is 12.0. The van der Waals surface area contributed by atoms with Crippen LogP contribution in [0.3, 0.4) is 0 Å². The van der Waals surface area contributed by atoms with Crippen LogP contribution < -0.4 is 10.6 Å². The van der Waals surface area contributed by atoms with Gasteiger partial charge in [-0.1, -0.05) is 0 Å². The molecule has 3 heteroatoms. The van der Waals surface area contributed by atoms with Crippen molar-refractivity contribution >= 4 is 5.91 Å². The molecule has 1 saturated heterocycles. The number of carbonyl (C=O) groups excluding carboxylic acids is 1. The summed E-state index contributed by atoms with van der Waals surface area (Å²) in [7, 11) is 0. The summed E-state index contributed by atoms with van der Waals surface area (Å²) in [6.07, 6.45) is 4.72. The van der Waals surface area contributed by atoms with Crippen molar-refractivity contribution in [2.75, 3.05) is 13.1 Å². The van der Waals surface area contributed by atoms with E-state index in [4.69, 9.17) is 0 Å². The molecule has 86 valence electrons. The van der Waals surface area contributed by atoms with Crippen LogP contribution in [0.25, 0.3) is 0 Å². The summed E-state index contributed by atoms with van der Waals surface area (Å²) < 4.78 is 0. The van der Waals surface area contributed by atoms with E-state index in [0.29, 0.717) is 5.92 Å². The smallest absolute Gasteiger partial charge is 0.224 e.